The van der Waals surface area contributed by atoms with E-state index in [1.807, 2.05) is 0 Å². The molecular formula is C25H29FN4OS. The number of nitrogens with zero attached hydrogens (tertiary/aromatic N) is 4. The number of carbonyl (C=O) groups is 1. The molecular weight excluding hydrogens is 423 g/mol. The van der Waals surface area contributed by atoms with Gasteiger partial charge in [0.1, 0.15) is 5.82 Å². The lowest BCUT2D eigenvalue weighted by molar-refractivity contribution is -0.136. The lowest BCUT2D eigenvalue weighted by Gasteiger charge is -2.39. The van der Waals surface area contributed by atoms with E-state index in [0.29, 0.717) is 5.91 Å². The van der Waals surface area contributed by atoms with Gasteiger partial charge in [0.25, 0.3) is 0 Å². The van der Waals surface area contributed by atoms with Crippen molar-refractivity contribution < 1.29 is 9.18 Å². The molecule has 0 aliphatic carbocycles. The first-order chi connectivity index (χ1) is 15.5. The zero-order valence-electron chi connectivity index (χ0n) is 18.7. The van der Waals surface area contributed by atoms with Crippen LogP contribution in [0.3, 0.4) is 0 Å². The molecule has 2 fully saturated rings. The Labute approximate surface area is 192 Å². The largest absolute Gasteiger partial charge is 0.368 e. The molecule has 3 aromatic rings. The van der Waals surface area contributed by atoms with Crippen LogP contribution < -0.4 is 9.80 Å². The molecule has 2 aromatic carbocycles. The van der Waals surface area contributed by atoms with Crippen LogP contribution in [-0.2, 0) is 4.79 Å². The van der Waals surface area contributed by atoms with Crippen molar-refractivity contribution in [3.8, 4) is 0 Å². The van der Waals surface area contributed by atoms with Crippen molar-refractivity contribution in [2.24, 2.45) is 5.92 Å². The quantitative estimate of drug-likeness (QED) is 0.582. The van der Waals surface area contributed by atoms with Gasteiger partial charge in [0.2, 0.25) is 5.91 Å². The normalized spacial score (nSPS) is 17.9. The molecule has 7 heteroatoms. The van der Waals surface area contributed by atoms with E-state index in [-0.39, 0.29) is 11.7 Å². The lowest BCUT2D eigenvalue weighted by Crippen LogP contribution is -2.51. The Morgan fingerprint density at radius 1 is 0.969 bits per heavy atom. The molecule has 5 rings (SSSR count). The number of carbonyl (C=O) groups excluding carboxylic acids is 1. The first-order valence-corrected chi connectivity index (χ1v) is 12.2. The van der Waals surface area contributed by atoms with E-state index < -0.39 is 0 Å². The zero-order valence-corrected chi connectivity index (χ0v) is 19.5. The van der Waals surface area contributed by atoms with Gasteiger partial charge in [-0.05, 0) is 62.1 Å². The molecule has 0 spiro atoms. The maximum absolute atomic E-state index is 13.5. The second kappa shape index (κ2) is 8.70. The summed E-state index contributed by atoms with van der Waals surface area (Å²) in [5.41, 5.74) is 4.70. The van der Waals surface area contributed by atoms with Gasteiger partial charge in [-0.2, -0.15) is 0 Å². The molecule has 0 N–H and O–H groups in total. The molecule has 2 aliphatic heterocycles. The van der Waals surface area contributed by atoms with Crippen molar-refractivity contribution in [3.05, 3.63) is 53.3 Å². The van der Waals surface area contributed by atoms with Gasteiger partial charge >= 0.3 is 0 Å². The maximum Gasteiger partial charge on any atom is 0.225 e. The fourth-order valence-electron chi connectivity index (χ4n) is 4.83. The minimum atomic E-state index is -0.227. The molecule has 0 radical (unpaired) electrons. The van der Waals surface area contributed by atoms with Gasteiger partial charge in [0, 0.05) is 50.9 Å². The van der Waals surface area contributed by atoms with Gasteiger partial charge in [0.15, 0.2) is 5.13 Å². The number of halogens is 1. The van der Waals surface area contributed by atoms with Gasteiger partial charge in [-0.15, -0.1) is 0 Å². The summed E-state index contributed by atoms with van der Waals surface area (Å²) in [6.45, 7) is 9.27. The minimum Gasteiger partial charge on any atom is -0.368 e. The highest BCUT2D eigenvalue weighted by Gasteiger charge is 2.31. The fourth-order valence-corrected chi connectivity index (χ4v) is 5.87. The first kappa shape index (κ1) is 21.2. The second-order valence-electron chi connectivity index (χ2n) is 8.97. The van der Waals surface area contributed by atoms with Crippen LogP contribution in [0.15, 0.2) is 36.4 Å². The number of rotatable bonds is 3. The summed E-state index contributed by atoms with van der Waals surface area (Å²) >= 11 is 1.53. The van der Waals surface area contributed by atoms with Crippen LogP contribution in [0.2, 0.25) is 0 Å². The number of hydrogen-bond acceptors (Lipinski definition) is 5. The van der Waals surface area contributed by atoms with Gasteiger partial charge in [-0.1, -0.05) is 23.5 Å². The third-order valence-electron chi connectivity index (χ3n) is 6.75. The molecule has 1 amide bonds. The Kier molecular flexibility index (Phi) is 5.76. The summed E-state index contributed by atoms with van der Waals surface area (Å²) in [5, 5.41) is 0.929. The lowest BCUT2D eigenvalue weighted by atomic mass is 9.95. The van der Waals surface area contributed by atoms with Crippen LogP contribution >= 0.6 is 11.3 Å². The summed E-state index contributed by atoms with van der Waals surface area (Å²) in [6, 6.07) is 11.3. The summed E-state index contributed by atoms with van der Waals surface area (Å²) in [4.78, 5) is 24.5. The summed E-state index contributed by atoms with van der Waals surface area (Å²) in [7, 11) is 0. The average molecular weight is 453 g/mol. The number of fused-ring (bicyclic) bond motifs is 1. The van der Waals surface area contributed by atoms with Crippen molar-refractivity contribution in [3.63, 3.8) is 0 Å². The molecule has 5 nitrogen and oxygen atoms in total. The Bertz CT molecular complexity index is 1130. The summed E-state index contributed by atoms with van der Waals surface area (Å²) < 4.78 is 14.4. The standard InChI is InChI=1S/C25H29FN4OS/c1-17-3-4-18(2)22(15-17)28-11-13-29(14-12-28)24(31)19-7-9-30(10-8-19)25-27-21-6-5-20(26)16-23(21)32-25/h3-6,15-16,19H,7-14H2,1-2H3. The Morgan fingerprint density at radius 2 is 1.72 bits per heavy atom. The van der Waals surface area contributed by atoms with Crippen LogP contribution in [0.25, 0.3) is 10.2 Å². The second-order valence-corrected chi connectivity index (χ2v) is 9.98. The zero-order chi connectivity index (χ0) is 22.2. The van der Waals surface area contributed by atoms with Gasteiger partial charge in [-0.25, -0.2) is 9.37 Å². The van der Waals surface area contributed by atoms with Crippen molar-refractivity contribution >= 4 is 38.3 Å². The molecule has 2 aliphatic rings. The Morgan fingerprint density at radius 3 is 2.47 bits per heavy atom. The van der Waals surface area contributed by atoms with Crippen LogP contribution in [-0.4, -0.2) is 55.1 Å². The SMILES string of the molecule is Cc1ccc(C)c(N2CCN(C(=O)C3CCN(c4nc5ccc(F)cc5s4)CC3)CC2)c1. The van der Waals surface area contributed by atoms with Crippen LogP contribution in [0, 0.1) is 25.6 Å². The molecule has 32 heavy (non-hydrogen) atoms. The Balaban J connectivity index is 1.16. The summed E-state index contributed by atoms with van der Waals surface area (Å²) in [5.74, 6) is 0.164. The van der Waals surface area contributed by atoms with Gasteiger partial charge in [0.05, 0.1) is 10.2 Å². The molecule has 0 atom stereocenters. The highest BCUT2D eigenvalue weighted by atomic mass is 32.1. The van der Waals surface area contributed by atoms with E-state index >= 15 is 0 Å². The topological polar surface area (TPSA) is 39.7 Å². The van der Waals surface area contributed by atoms with E-state index in [1.54, 1.807) is 12.1 Å². The number of anilines is 2. The van der Waals surface area contributed by atoms with Crippen LogP contribution in [0.4, 0.5) is 15.2 Å². The average Bonchev–Trinajstić information content (AvgIpc) is 3.24. The predicted molar refractivity (Wildman–Crippen MR) is 129 cm³/mol. The molecule has 3 heterocycles. The number of benzene rings is 2. The maximum atomic E-state index is 13.5. The smallest absolute Gasteiger partial charge is 0.225 e. The van der Waals surface area contributed by atoms with Crippen molar-refractivity contribution in [1.29, 1.82) is 0 Å². The fraction of sp³-hybridized carbons (Fsp3) is 0.440. The number of thiazole rings is 1. The number of piperazine rings is 1. The van der Waals surface area contributed by atoms with Crippen LogP contribution in [0.5, 0.6) is 0 Å². The van der Waals surface area contributed by atoms with E-state index in [1.165, 1.54) is 34.2 Å². The first-order valence-electron chi connectivity index (χ1n) is 11.4. The predicted octanol–water partition coefficient (Wildman–Crippen LogP) is 4.62. The highest BCUT2D eigenvalue weighted by Crippen LogP contribution is 2.32. The number of amides is 1. The van der Waals surface area contributed by atoms with E-state index in [2.05, 4.69) is 51.7 Å². The third-order valence-corrected chi connectivity index (χ3v) is 7.83. The third kappa shape index (κ3) is 4.18. The number of aromatic nitrogens is 1. The number of aryl methyl sites for hydroxylation is 2. The molecule has 0 saturated carbocycles. The van der Waals surface area contributed by atoms with Gasteiger partial charge in [-0.3, -0.25) is 4.79 Å². The van der Waals surface area contributed by atoms with Crippen molar-refractivity contribution in [2.75, 3.05) is 49.1 Å². The molecule has 168 valence electrons. The molecule has 2 saturated heterocycles. The minimum absolute atomic E-state index is 0.0883. The number of hydrogen-bond donors (Lipinski definition) is 0. The summed E-state index contributed by atoms with van der Waals surface area (Å²) in [6.07, 6.45) is 1.70. The van der Waals surface area contributed by atoms with E-state index in [0.717, 1.165) is 67.5 Å². The van der Waals surface area contributed by atoms with E-state index in [4.69, 9.17) is 0 Å². The van der Waals surface area contributed by atoms with Crippen molar-refractivity contribution in [2.45, 2.75) is 26.7 Å². The molecule has 0 unspecified atom stereocenters. The van der Waals surface area contributed by atoms with E-state index in [9.17, 15) is 9.18 Å². The monoisotopic (exact) mass is 452 g/mol. The van der Waals surface area contributed by atoms with Crippen molar-refractivity contribution in [1.82, 2.24) is 9.88 Å². The van der Waals surface area contributed by atoms with Crippen LogP contribution in [0.1, 0.15) is 24.0 Å². The highest BCUT2D eigenvalue weighted by molar-refractivity contribution is 7.22. The molecule has 0 bridgehead atoms. The Hall–Kier alpha value is -2.67. The van der Waals surface area contributed by atoms with Gasteiger partial charge < -0.3 is 14.7 Å². The molecule has 1 aromatic heterocycles. The number of piperidine rings is 1.